The summed E-state index contributed by atoms with van der Waals surface area (Å²) in [6.07, 6.45) is 2.52. The summed E-state index contributed by atoms with van der Waals surface area (Å²) >= 11 is 0. The number of carbonyl (C=O) groups is 2. The van der Waals surface area contributed by atoms with Gasteiger partial charge in [0.05, 0.1) is 30.6 Å². The van der Waals surface area contributed by atoms with Crippen molar-refractivity contribution in [3.8, 4) is 5.75 Å². The zero-order valence-corrected chi connectivity index (χ0v) is 21.8. The van der Waals surface area contributed by atoms with Gasteiger partial charge in [0.15, 0.2) is 0 Å². The summed E-state index contributed by atoms with van der Waals surface area (Å²) < 4.78 is 28.0. The number of amides is 2. The van der Waals surface area contributed by atoms with Gasteiger partial charge in [-0.3, -0.25) is 14.7 Å². The zero-order valence-electron chi connectivity index (χ0n) is 21.0. The fourth-order valence-electron chi connectivity index (χ4n) is 5.26. The number of sulfonamides is 1. The maximum absolute atomic E-state index is 14.0. The molecule has 0 unspecified atom stereocenters. The van der Waals surface area contributed by atoms with Crippen LogP contribution in [0.15, 0.2) is 61.3 Å². The van der Waals surface area contributed by atoms with Crippen LogP contribution < -0.4 is 0 Å². The number of hydrogen-bond donors (Lipinski definition) is 2. The summed E-state index contributed by atoms with van der Waals surface area (Å²) in [7, 11) is -3.80. The lowest BCUT2D eigenvalue weighted by Gasteiger charge is -2.54. The topological polar surface area (TPSA) is 130 Å². The van der Waals surface area contributed by atoms with Crippen LogP contribution >= 0.6 is 0 Å². The van der Waals surface area contributed by atoms with E-state index in [0.717, 1.165) is 22.0 Å². The van der Waals surface area contributed by atoms with Gasteiger partial charge in [0, 0.05) is 24.9 Å². The van der Waals surface area contributed by atoms with Gasteiger partial charge in [0.25, 0.3) is 0 Å². The van der Waals surface area contributed by atoms with Crippen LogP contribution in [0.1, 0.15) is 18.1 Å². The molecule has 2 aromatic carbocycles. The van der Waals surface area contributed by atoms with Crippen LogP contribution in [0, 0.1) is 0 Å². The van der Waals surface area contributed by atoms with E-state index in [4.69, 9.17) is 0 Å². The number of aromatic amines is 1. The molecule has 3 heterocycles. The fourth-order valence-corrected chi connectivity index (χ4v) is 6.54. The number of H-pyrrole nitrogens is 1. The number of benzene rings is 2. The normalized spacial score (nSPS) is 21.2. The summed E-state index contributed by atoms with van der Waals surface area (Å²) in [5.74, 6) is -0.675. The van der Waals surface area contributed by atoms with Crippen LogP contribution in [0.5, 0.6) is 5.75 Å². The molecule has 1 aromatic heterocycles. The molecule has 2 N–H and O–H groups in total. The van der Waals surface area contributed by atoms with Gasteiger partial charge in [-0.05, 0) is 30.2 Å². The number of hydrogen-bond acceptors (Lipinski definition) is 7. The summed E-state index contributed by atoms with van der Waals surface area (Å²) in [5.41, 5.74) is 2.37. The number of para-hydroxylation sites is 1. The van der Waals surface area contributed by atoms with Gasteiger partial charge in [-0.15, -0.1) is 11.0 Å². The van der Waals surface area contributed by atoms with E-state index in [2.05, 4.69) is 16.8 Å². The summed E-state index contributed by atoms with van der Waals surface area (Å²) in [4.78, 5) is 30.5. The molecule has 2 aliphatic rings. The highest BCUT2D eigenvalue weighted by Crippen LogP contribution is 2.31. The van der Waals surface area contributed by atoms with E-state index >= 15 is 0 Å². The second-order valence-electron chi connectivity index (χ2n) is 9.45. The second-order valence-corrected chi connectivity index (χ2v) is 11.6. The monoisotopic (exact) mass is 538 g/mol. The van der Waals surface area contributed by atoms with Crippen LogP contribution in [0.25, 0.3) is 10.9 Å². The molecule has 0 bridgehead atoms. The first kappa shape index (κ1) is 25.9. The standard InChI is InChI=1S/C26H30N6O5S/c1-3-12-30-17-24(34)31-22(13-18-8-10-21(33)11-9-18)26(35)29(16-23(31)32(30)38(36,37)4-2)15-20-7-5-6-19-14-27-28-25(19)20/h3,5-11,14,22-23,33H,1,4,12-13,15-17H2,2H3,(H,27,28)/t22-,23-/m0/s1. The first-order valence-electron chi connectivity index (χ1n) is 12.4. The second kappa shape index (κ2) is 10.2. The Bertz CT molecular complexity index is 1470. The first-order chi connectivity index (χ1) is 18.2. The minimum absolute atomic E-state index is 0.00798. The smallest absolute Gasteiger partial charge is 0.246 e. The van der Waals surface area contributed by atoms with Crippen molar-refractivity contribution in [2.24, 2.45) is 0 Å². The number of aromatic nitrogens is 2. The fraction of sp³-hybridized carbons (Fsp3) is 0.346. The Hall–Kier alpha value is -3.74. The molecule has 0 saturated carbocycles. The van der Waals surface area contributed by atoms with E-state index in [9.17, 15) is 23.1 Å². The summed E-state index contributed by atoms with van der Waals surface area (Å²) in [5, 5.41) is 19.2. The van der Waals surface area contributed by atoms with E-state index in [0.29, 0.717) is 0 Å². The lowest BCUT2D eigenvalue weighted by atomic mass is 9.98. The van der Waals surface area contributed by atoms with E-state index in [1.165, 1.54) is 26.5 Å². The molecule has 5 rings (SSSR count). The molecule has 11 nitrogen and oxygen atoms in total. The highest BCUT2D eigenvalue weighted by Gasteiger charge is 2.52. The van der Waals surface area contributed by atoms with Crippen LogP contribution in [0.4, 0.5) is 0 Å². The van der Waals surface area contributed by atoms with Crippen molar-refractivity contribution in [2.45, 2.75) is 32.1 Å². The maximum atomic E-state index is 14.0. The molecule has 38 heavy (non-hydrogen) atoms. The van der Waals surface area contributed by atoms with Crippen LogP contribution in [-0.4, -0.2) is 92.4 Å². The highest BCUT2D eigenvalue weighted by atomic mass is 32.2. The minimum atomic E-state index is -3.80. The number of nitrogens with zero attached hydrogens (tertiary/aromatic N) is 5. The van der Waals surface area contributed by atoms with Crippen molar-refractivity contribution in [2.75, 3.05) is 25.4 Å². The highest BCUT2D eigenvalue weighted by molar-refractivity contribution is 7.89. The number of fused-ring (bicyclic) bond motifs is 2. The van der Waals surface area contributed by atoms with Crippen LogP contribution in [-0.2, 0) is 32.6 Å². The lowest BCUT2D eigenvalue weighted by Crippen LogP contribution is -2.75. The minimum Gasteiger partial charge on any atom is -0.508 e. The molecule has 12 heteroatoms. The Morgan fingerprint density at radius 1 is 1.18 bits per heavy atom. The molecule has 2 amide bonds. The SMILES string of the molecule is C=CCN1CC(=O)N2[C@@H](Cc3ccc(O)cc3)C(=O)N(Cc3cccc4cn[nH]c34)C[C@@H]2N1S(=O)(=O)CC. The summed E-state index contributed by atoms with van der Waals surface area (Å²) in [6, 6.07) is 11.2. The van der Waals surface area contributed by atoms with Crippen molar-refractivity contribution in [1.82, 2.24) is 29.4 Å². The quantitative estimate of drug-likeness (QED) is 0.415. The van der Waals surface area contributed by atoms with Gasteiger partial charge in [-0.2, -0.15) is 5.10 Å². The molecule has 2 atom stereocenters. The predicted octanol–water partition coefficient (Wildman–Crippen LogP) is 1.44. The van der Waals surface area contributed by atoms with Gasteiger partial charge in [0.1, 0.15) is 18.0 Å². The van der Waals surface area contributed by atoms with Gasteiger partial charge >= 0.3 is 0 Å². The molecule has 2 saturated heterocycles. The average molecular weight is 539 g/mol. The largest absolute Gasteiger partial charge is 0.508 e. The molecule has 0 spiro atoms. The zero-order chi connectivity index (χ0) is 27.0. The Labute approximate surface area is 220 Å². The molecular weight excluding hydrogens is 508 g/mol. The third-order valence-corrected chi connectivity index (χ3v) is 8.83. The van der Waals surface area contributed by atoms with Crippen LogP contribution in [0.2, 0.25) is 0 Å². The number of aromatic hydroxyl groups is 1. The predicted molar refractivity (Wildman–Crippen MR) is 141 cm³/mol. The molecule has 2 aliphatic heterocycles. The molecule has 2 fully saturated rings. The number of hydrazine groups is 1. The molecule has 0 aliphatic carbocycles. The van der Waals surface area contributed by atoms with E-state index < -0.39 is 22.2 Å². The Morgan fingerprint density at radius 3 is 2.66 bits per heavy atom. The van der Waals surface area contributed by atoms with Gasteiger partial charge in [0.2, 0.25) is 21.8 Å². The number of rotatable bonds is 8. The number of nitrogens with one attached hydrogen (secondary N) is 1. The van der Waals surface area contributed by atoms with Crippen molar-refractivity contribution in [3.05, 3.63) is 72.4 Å². The third kappa shape index (κ3) is 4.66. The number of piperazine rings is 1. The number of phenols is 1. The van der Waals surface area contributed by atoms with Gasteiger partial charge in [-0.25, -0.2) is 13.4 Å². The van der Waals surface area contributed by atoms with Gasteiger partial charge in [-0.1, -0.05) is 36.4 Å². The number of phenolic OH excluding ortho intramolecular Hbond substituents is 1. The molecule has 0 radical (unpaired) electrons. The maximum Gasteiger partial charge on any atom is 0.246 e. The Balaban J connectivity index is 1.58. The lowest BCUT2D eigenvalue weighted by molar-refractivity contribution is -0.183. The van der Waals surface area contributed by atoms with Crippen LogP contribution in [0.3, 0.4) is 0 Å². The molecule has 3 aromatic rings. The number of carbonyl (C=O) groups excluding carboxylic acids is 2. The van der Waals surface area contributed by atoms with E-state index in [1.54, 1.807) is 36.2 Å². The third-order valence-electron chi connectivity index (χ3n) is 7.06. The van der Waals surface area contributed by atoms with E-state index in [1.807, 2.05) is 18.2 Å². The summed E-state index contributed by atoms with van der Waals surface area (Å²) in [6.45, 7) is 5.49. The van der Waals surface area contributed by atoms with Gasteiger partial charge < -0.3 is 14.9 Å². The first-order valence-corrected chi connectivity index (χ1v) is 14.0. The van der Waals surface area contributed by atoms with Crippen molar-refractivity contribution < 1.29 is 23.1 Å². The molecule has 200 valence electrons. The van der Waals surface area contributed by atoms with Crippen molar-refractivity contribution in [1.29, 1.82) is 0 Å². The average Bonchev–Trinajstić information content (AvgIpc) is 3.38. The van der Waals surface area contributed by atoms with Crippen molar-refractivity contribution >= 4 is 32.7 Å². The molecular formula is C26H30N6O5S. The Morgan fingerprint density at radius 2 is 1.95 bits per heavy atom. The van der Waals surface area contributed by atoms with E-state index in [-0.39, 0.29) is 55.9 Å². The van der Waals surface area contributed by atoms with Crippen molar-refractivity contribution in [3.63, 3.8) is 0 Å². The Kier molecular flexibility index (Phi) is 6.95.